The highest BCUT2D eigenvalue weighted by atomic mass is 31.2. The molecule has 34 heavy (non-hydrogen) atoms. The molecule has 1 saturated heterocycles. The Hall–Kier alpha value is 0.0700. The fraction of sp³-hybridized carbons (Fsp3) is 1.00. The molecule has 0 spiro atoms. The van der Waals surface area contributed by atoms with Gasteiger partial charge in [-0.15, -0.1) is 0 Å². The van der Waals surface area contributed by atoms with Crippen molar-refractivity contribution in [1.29, 1.82) is 0 Å². The fourth-order valence-corrected chi connectivity index (χ4v) is 6.13. The summed E-state index contributed by atoms with van der Waals surface area (Å²) >= 11 is 0. The lowest BCUT2D eigenvalue weighted by Gasteiger charge is -2.28. The fourth-order valence-electron chi connectivity index (χ4n) is 5.16. The zero-order valence-electron chi connectivity index (χ0n) is 23.1. The number of phosphoric ester groups is 1. The predicted molar refractivity (Wildman–Crippen MR) is 143 cm³/mol. The van der Waals surface area contributed by atoms with Gasteiger partial charge >= 0.3 is 7.82 Å². The lowest BCUT2D eigenvalue weighted by atomic mass is 9.80. The first kappa shape index (κ1) is 32.1. The number of hydrogen-bond acceptors (Lipinski definition) is 5. The van der Waals surface area contributed by atoms with Gasteiger partial charge < -0.3 is 4.74 Å². The van der Waals surface area contributed by atoms with Crippen LogP contribution in [0.25, 0.3) is 0 Å². The zero-order valence-corrected chi connectivity index (χ0v) is 24.0. The molecule has 0 bridgehead atoms. The van der Waals surface area contributed by atoms with Gasteiger partial charge in [0, 0.05) is 13.7 Å². The van der Waals surface area contributed by atoms with Gasteiger partial charge in [0.1, 0.15) is 0 Å². The van der Waals surface area contributed by atoms with E-state index in [0.29, 0.717) is 25.0 Å². The molecule has 4 unspecified atom stereocenters. The topological polar surface area (TPSA) is 54.0 Å². The molecule has 5 nitrogen and oxygen atoms in total. The molecule has 4 atom stereocenters. The van der Waals surface area contributed by atoms with Crippen LogP contribution >= 0.6 is 7.82 Å². The van der Waals surface area contributed by atoms with Crippen molar-refractivity contribution in [2.45, 2.75) is 142 Å². The minimum absolute atomic E-state index is 0.00654. The van der Waals surface area contributed by atoms with Gasteiger partial charge in [0.15, 0.2) is 0 Å². The van der Waals surface area contributed by atoms with Crippen LogP contribution in [-0.2, 0) is 22.9 Å². The Balaban J connectivity index is 2.50. The van der Waals surface area contributed by atoms with Crippen LogP contribution in [0, 0.1) is 11.8 Å². The molecule has 0 N–H and O–H groups in total. The van der Waals surface area contributed by atoms with Crippen LogP contribution in [0.2, 0.25) is 0 Å². The molecule has 6 heteroatoms. The van der Waals surface area contributed by atoms with E-state index < -0.39 is 7.82 Å². The molecule has 1 rings (SSSR count). The Kier molecular flexibility index (Phi) is 20.0. The van der Waals surface area contributed by atoms with Crippen LogP contribution in [0.15, 0.2) is 0 Å². The summed E-state index contributed by atoms with van der Waals surface area (Å²) in [6, 6.07) is 0. The second kappa shape index (κ2) is 21.2. The molecule has 1 heterocycles. The minimum Gasteiger partial charge on any atom is -0.375 e. The van der Waals surface area contributed by atoms with E-state index in [1.807, 2.05) is 0 Å². The number of unbranched alkanes of at least 4 members (excludes halogenated alkanes) is 12. The molecule has 0 amide bonds. The zero-order chi connectivity index (χ0) is 24.9. The maximum absolute atomic E-state index is 12.9. The summed E-state index contributed by atoms with van der Waals surface area (Å²) in [5.74, 6) is 1.15. The molecule has 1 aliphatic heterocycles. The summed E-state index contributed by atoms with van der Waals surface area (Å²) in [7, 11) is -2.10. The normalized spacial score (nSPS) is 21.1. The Bertz CT molecular complexity index is 501. The molecule has 0 radical (unpaired) electrons. The Morgan fingerprint density at radius 2 is 1.29 bits per heavy atom. The van der Waals surface area contributed by atoms with E-state index in [0.717, 1.165) is 25.9 Å². The number of ether oxygens (including phenoxy) is 1. The van der Waals surface area contributed by atoms with Gasteiger partial charge in [-0.2, -0.15) is 0 Å². The first-order valence-electron chi connectivity index (χ1n) is 14.7. The highest BCUT2D eigenvalue weighted by molar-refractivity contribution is 7.48. The maximum atomic E-state index is 12.9. The van der Waals surface area contributed by atoms with Crippen molar-refractivity contribution in [3.8, 4) is 0 Å². The Labute approximate surface area is 212 Å². The van der Waals surface area contributed by atoms with Gasteiger partial charge in [0.05, 0.1) is 19.3 Å². The molecule has 0 aromatic rings. The third-order valence-electron chi connectivity index (χ3n) is 7.34. The summed E-state index contributed by atoms with van der Waals surface area (Å²) in [5.41, 5.74) is 0. The molecule has 0 aromatic heterocycles. The van der Waals surface area contributed by atoms with Crippen molar-refractivity contribution in [2.24, 2.45) is 11.8 Å². The third-order valence-corrected chi connectivity index (χ3v) is 8.75. The van der Waals surface area contributed by atoms with Crippen LogP contribution in [0.3, 0.4) is 0 Å². The standard InChI is InChI=1S/C28H57O5P/c1-5-8-11-14-16-19-23-32-34(29,30-4)33-25-28-27(22-24-31-28)26(20-17-13-10-7-3)21-18-15-12-9-6-2/h26-28H,5-25H2,1-4H3. The minimum atomic E-state index is -3.51. The van der Waals surface area contributed by atoms with E-state index in [1.54, 1.807) is 0 Å². The second-order valence-electron chi connectivity index (χ2n) is 10.2. The van der Waals surface area contributed by atoms with Crippen molar-refractivity contribution < 1.29 is 22.9 Å². The Morgan fingerprint density at radius 1 is 0.765 bits per heavy atom. The van der Waals surface area contributed by atoms with E-state index in [9.17, 15) is 4.57 Å². The van der Waals surface area contributed by atoms with Crippen LogP contribution in [0.5, 0.6) is 0 Å². The second-order valence-corrected chi connectivity index (χ2v) is 12.0. The first-order chi connectivity index (χ1) is 16.6. The molecule has 0 saturated carbocycles. The monoisotopic (exact) mass is 504 g/mol. The summed E-state index contributed by atoms with van der Waals surface area (Å²) in [6.45, 7) is 8.25. The van der Waals surface area contributed by atoms with Gasteiger partial charge in [-0.25, -0.2) is 4.57 Å². The summed E-state index contributed by atoms with van der Waals surface area (Å²) in [5, 5.41) is 0. The van der Waals surface area contributed by atoms with Crippen LogP contribution in [-0.4, -0.2) is 33.0 Å². The van der Waals surface area contributed by atoms with Crippen molar-refractivity contribution in [1.82, 2.24) is 0 Å². The van der Waals surface area contributed by atoms with Gasteiger partial charge in [0.2, 0.25) is 0 Å². The third kappa shape index (κ3) is 14.6. The largest absolute Gasteiger partial charge is 0.474 e. The van der Waals surface area contributed by atoms with Crippen LogP contribution < -0.4 is 0 Å². The first-order valence-corrected chi connectivity index (χ1v) is 16.1. The van der Waals surface area contributed by atoms with Crippen molar-refractivity contribution in [3.63, 3.8) is 0 Å². The van der Waals surface area contributed by atoms with E-state index in [2.05, 4.69) is 20.8 Å². The van der Waals surface area contributed by atoms with E-state index in [4.69, 9.17) is 18.3 Å². The maximum Gasteiger partial charge on any atom is 0.474 e. The highest BCUT2D eigenvalue weighted by Crippen LogP contribution is 2.49. The lowest BCUT2D eigenvalue weighted by Crippen LogP contribution is -2.28. The molecule has 0 aromatic carbocycles. The van der Waals surface area contributed by atoms with E-state index >= 15 is 0 Å². The van der Waals surface area contributed by atoms with Crippen molar-refractivity contribution >= 4 is 7.82 Å². The average molecular weight is 505 g/mol. The van der Waals surface area contributed by atoms with Crippen LogP contribution in [0.4, 0.5) is 0 Å². The molecule has 204 valence electrons. The van der Waals surface area contributed by atoms with Gasteiger partial charge in [-0.05, 0) is 24.7 Å². The lowest BCUT2D eigenvalue weighted by molar-refractivity contribution is 0.0155. The van der Waals surface area contributed by atoms with Gasteiger partial charge in [-0.1, -0.05) is 124 Å². The number of phosphoric acid groups is 1. The van der Waals surface area contributed by atoms with E-state index in [1.165, 1.54) is 103 Å². The van der Waals surface area contributed by atoms with Gasteiger partial charge in [-0.3, -0.25) is 13.6 Å². The summed E-state index contributed by atoms with van der Waals surface area (Å²) in [6.07, 6.45) is 22.4. The van der Waals surface area contributed by atoms with Gasteiger partial charge in [0.25, 0.3) is 0 Å². The predicted octanol–water partition coefficient (Wildman–Crippen LogP) is 9.49. The van der Waals surface area contributed by atoms with Crippen LogP contribution in [0.1, 0.15) is 136 Å². The smallest absolute Gasteiger partial charge is 0.375 e. The summed E-state index contributed by atoms with van der Waals surface area (Å²) in [4.78, 5) is 0. The molecular weight excluding hydrogens is 447 g/mol. The van der Waals surface area contributed by atoms with E-state index in [-0.39, 0.29) is 6.10 Å². The Morgan fingerprint density at radius 3 is 1.88 bits per heavy atom. The SMILES string of the molecule is CCCCCCCCOP(=O)(OC)OCC1OCCC1C(CCCCCC)CCCCCCC. The molecule has 1 fully saturated rings. The quantitative estimate of drug-likeness (QED) is 0.0967. The highest BCUT2D eigenvalue weighted by Gasteiger charge is 2.36. The molecule has 0 aliphatic carbocycles. The number of rotatable bonds is 24. The summed E-state index contributed by atoms with van der Waals surface area (Å²) < 4.78 is 35.6. The molecular formula is C28H57O5P. The average Bonchev–Trinajstić information content (AvgIpc) is 3.32. The number of hydrogen-bond donors (Lipinski definition) is 0. The van der Waals surface area contributed by atoms with Crippen molar-refractivity contribution in [3.05, 3.63) is 0 Å². The molecule has 1 aliphatic rings. The van der Waals surface area contributed by atoms with Crippen molar-refractivity contribution in [2.75, 3.05) is 26.9 Å².